The van der Waals surface area contributed by atoms with Gasteiger partial charge in [-0.1, -0.05) is 23.7 Å². The SMILES string of the molecule is Cl.NCC1(c2cccc(Cl)c2)CCC(NS(=O)(=O)c2ccc(OC(F)(F)F)cc2)CC1. The van der Waals surface area contributed by atoms with Gasteiger partial charge in [0.25, 0.3) is 0 Å². The summed E-state index contributed by atoms with van der Waals surface area (Å²) < 4.78 is 68.4. The molecule has 2 aromatic rings. The first kappa shape index (κ1) is 25.7. The van der Waals surface area contributed by atoms with Gasteiger partial charge in [-0.25, -0.2) is 13.1 Å². The Balaban J connectivity index is 0.00000341. The van der Waals surface area contributed by atoms with Crippen molar-refractivity contribution in [2.24, 2.45) is 5.73 Å². The van der Waals surface area contributed by atoms with E-state index in [0.717, 1.165) is 29.8 Å². The van der Waals surface area contributed by atoms with E-state index in [0.29, 0.717) is 37.3 Å². The molecular formula is C20H23Cl2F3N2O3S. The third-order valence-corrected chi connectivity index (χ3v) is 7.23. The molecule has 1 saturated carbocycles. The van der Waals surface area contributed by atoms with Gasteiger partial charge in [0.15, 0.2) is 0 Å². The van der Waals surface area contributed by atoms with E-state index < -0.39 is 22.1 Å². The predicted molar refractivity (Wildman–Crippen MR) is 115 cm³/mol. The number of halogens is 5. The van der Waals surface area contributed by atoms with Crippen molar-refractivity contribution in [3.63, 3.8) is 0 Å². The molecular weight excluding hydrogens is 476 g/mol. The van der Waals surface area contributed by atoms with Gasteiger partial charge in [0, 0.05) is 23.0 Å². The van der Waals surface area contributed by atoms with Crippen molar-refractivity contribution in [3.8, 4) is 5.75 Å². The van der Waals surface area contributed by atoms with Crippen molar-refractivity contribution < 1.29 is 26.3 Å². The molecule has 0 aliphatic heterocycles. The molecule has 0 spiro atoms. The van der Waals surface area contributed by atoms with Crippen molar-refractivity contribution in [1.29, 1.82) is 0 Å². The average molecular weight is 499 g/mol. The fraction of sp³-hybridized carbons (Fsp3) is 0.400. The minimum absolute atomic E-state index is 0. The summed E-state index contributed by atoms with van der Waals surface area (Å²) >= 11 is 6.11. The van der Waals surface area contributed by atoms with Gasteiger partial charge >= 0.3 is 6.36 Å². The van der Waals surface area contributed by atoms with Crippen molar-refractivity contribution in [2.45, 2.75) is 48.4 Å². The standard InChI is InChI=1S/C20H22ClF3N2O3S.ClH/c21-15-3-1-2-14(12-15)19(13-25)10-8-16(9-11-19)26-30(27,28)18-6-4-17(5-7-18)29-20(22,23)24;/h1-7,12,16,26H,8-11,13,25H2;1H. The molecule has 1 fully saturated rings. The van der Waals surface area contributed by atoms with Crippen LogP contribution in [0.2, 0.25) is 5.02 Å². The van der Waals surface area contributed by atoms with Crippen LogP contribution in [0.5, 0.6) is 5.75 Å². The lowest BCUT2D eigenvalue weighted by atomic mass is 9.68. The molecule has 172 valence electrons. The molecule has 0 amide bonds. The predicted octanol–water partition coefficient (Wildman–Crippen LogP) is 4.78. The van der Waals surface area contributed by atoms with Gasteiger partial charge in [-0.15, -0.1) is 25.6 Å². The van der Waals surface area contributed by atoms with E-state index in [1.54, 1.807) is 6.07 Å². The summed E-state index contributed by atoms with van der Waals surface area (Å²) in [4.78, 5) is -0.123. The van der Waals surface area contributed by atoms with Crippen LogP contribution in [0, 0.1) is 0 Å². The monoisotopic (exact) mass is 498 g/mol. The molecule has 2 aromatic carbocycles. The molecule has 0 bridgehead atoms. The highest BCUT2D eigenvalue weighted by Crippen LogP contribution is 2.39. The Morgan fingerprint density at radius 3 is 2.26 bits per heavy atom. The van der Waals surface area contributed by atoms with E-state index in [9.17, 15) is 21.6 Å². The van der Waals surface area contributed by atoms with Crippen LogP contribution in [0.1, 0.15) is 31.2 Å². The maximum Gasteiger partial charge on any atom is 0.573 e. The van der Waals surface area contributed by atoms with Gasteiger partial charge in [0.1, 0.15) is 5.75 Å². The minimum atomic E-state index is -4.83. The largest absolute Gasteiger partial charge is 0.573 e. The molecule has 0 heterocycles. The molecule has 0 unspecified atom stereocenters. The van der Waals surface area contributed by atoms with Crippen LogP contribution in [0.3, 0.4) is 0 Å². The molecule has 0 atom stereocenters. The molecule has 1 aliphatic rings. The molecule has 31 heavy (non-hydrogen) atoms. The summed E-state index contributed by atoms with van der Waals surface area (Å²) in [5, 5.41) is 0.626. The maximum absolute atomic E-state index is 12.6. The Bertz CT molecular complexity index is 978. The van der Waals surface area contributed by atoms with Crippen LogP contribution in [0.25, 0.3) is 0 Å². The van der Waals surface area contributed by atoms with Gasteiger partial charge in [0.2, 0.25) is 10.0 Å². The molecule has 11 heteroatoms. The fourth-order valence-corrected chi connectivity index (χ4v) is 5.32. The fourth-order valence-electron chi connectivity index (χ4n) is 3.83. The summed E-state index contributed by atoms with van der Waals surface area (Å²) in [5.41, 5.74) is 6.85. The Labute approximate surface area is 190 Å². The summed E-state index contributed by atoms with van der Waals surface area (Å²) in [6.07, 6.45) is -2.29. The second-order valence-corrected chi connectivity index (χ2v) is 9.56. The van der Waals surface area contributed by atoms with E-state index >= 15 is 0 Å². The van der Waals surface area contributed by atoms with Crippen LogP contribution in [-0.2, 0) is 15.4 Å². The van der Waals surface area contributed by atoms with Gasteiger partial charge in [-0.2, -0.15) is 0 Å². The quantitative estimate of drug-likeness (QED) is 0.600. The van der Waals surface area contributed by atoms with Crippen LogP contribution in [-0.4, -0.2) is 27.4 Å². The van der Waals surface area contributed by atoms with Gasteiger partial charge in [-0.05, 0) is 67.6 Å². The summed E-state index contributed by atoms with van der Waals surface area (Å²) in [6.45, 7) is 0.424. The van der Waals surface area contributed by atoms with E-state index in [1.165, 1.54) is 0 Å². The number of nitrogens with two attached hydrogens (primary N) is 1. The number of sulfonamides is 1. The minimum Gasteiger partial charge on any atom is -0.406 e. The molecule has 5 nitrogen and oxygen atoms in total. The number of ether oxygens (including phenoxy) is 1. The van der Waals surface area contributed by atoms with Crippen LogP contribution < -0.4 is 15.2 Å². The van der Waals surface area contributed by atoms with Crippen molar-refractivity contribution >= 4 is 34.0 Å². The van der Waals surface area contributed by atoms with Crippen molar-refractivity contribution in [2.75, 3.05) is 6.54 Å². The van der Waals surface area contributed by atoms with Crippen LogP contribution in [0.15, 0.2) is 53.4 Å². The Hall–Kier alpha value is -1.52. The van der Waals surface area contributed by atoms with E-state index in [4.69, 9.17) is 17.3 Å². The Morgan fingerprint density at radius 2 is 1.74 bits per heavy atom. The number of hydrogen-bond donors (Lipinski definition) is 2. The highest BCUT2D eigenvalue weighted by Gasteiger charge is 2.37. The van der Waals surface area contributed by atoms with Crippen molar-refractivity contribution in [1.82, 2.24) is 4.72 Å². The number of benzene rings is 2. The van der Waals surface area contributed by atoms with E-state index in [1.807, 2.05) is 18.2 Å². The number of alkyl halides is 3. The second kappa shape index (κ2) is 9.95. The summed E-state index contributed by atoms with van der Waals surface area (Å²) in [5.74, 6) is -0.478. The lowest BCUT2D eigenvalue weighted by Gasteiger charge is -2.40. The van der Waals surface area contributed by atoms with Crippen molar-refractivity contribution in [3.05, 3.63) is 59.1 Å². The lowest BCUT2D eigenvalue weighted by Crippen LogP contribution is -2.45. The first-order chi connectivity index (χ1) is 14.0. The maximum atomic E-state index is 12.6. The van der Waals surface area contributed by atoms with E-state index in [-0.39, 0.29) is 28.8 Å². The smallest absolute Gasteiger partial charge is 0.406 e. The Kier molecular flexibility index (Phi) is 8.27. The third kappa shape index (κ3) is 6.49. The first-order valence-electron chi connectivity index (χ1n) is 9.37. The number of nitrogens with one attached hydrogen (secondary N) is 1. The zero-order valence-corrected chi connectivity index (χ0v) is 18.8. The molecule has 0 radical (unpaired) electrons. The summed E-state index contributed by atoms with van der Waals surface area (Å²) in [6, 6.07) is 11.4. The first-order valence-corrected chi connectivity index (χ1v) is 11.2. The molecule has 1 aliphatic carbocycles. The Morgan fingerprint density at radius 1 is 1.13 bits per heavy atom. The molecule has 0 aromatic heterocycles. The third-order valence-electron chi connectivity index (χ3n) is 5.46. The van der Waals surface area contributed by atoms with Gasteiger partial charge in [-0.3, -0.25) is 0 Å². The van der Waals surface area contributed by atoms with Gasteiger partial charge in [0.05, 0.1) is 4.90 Å². The molecule has 3 rings (SSSR count). The van der Waals surface area contributed by atoms with Crippen LogP contribution in [0.4, 0.5) is 13.2 Å². The number of rotatable bonds is 6. The zero-order valence-electron chi connectivity index (χ0n) is 16.4. The highest BCUT2D eigenvalue weighted by atomic mass is 35.5. The van der Waals surface area contributed by atoms with Gasteiger partial charge < -0.3 is 10.5 Å². The number of hydrogen-bond acceptors (Lipinski definition) is 4. The topological polar surface area (TPSA) is 81.4 Å². The zero-order chi connectivity index (χ0) is 22.0. The van der Waals surface area contributed by atoms with Crippen LogP contribution >= 0.6 is 24.0 Å². The lowest BCUT2D eigenvalue weighted by molar-refractivity contribution is -0.274. The summed E-state index contributed by atoms with van der Waals surface area (Å²) in [7, 11) is -3.87. The molecule has 0 saturated heterocycles. The second-order valence-electron chi connectivity index (χ2n) is 7.41. The highest BCUT2D eigenvalue weighted by molar-refractivity contribution is 7.89. The molecule has 3 N–H and O–H groups in total. The average Bonchev–Trinajstić information content (AvgIpc) is 2.68. The van der Waals surface area contributed by atoms with E-state index in [2.05, 4.69) is 9.46 Å². The normalized spacial score (nSPS) is 21.9.